The quantitative estimate of drug-likeness (QED) is 0.882. The van der Waals surface area contributed by atoms with Gasteiger partial charge in [-0.2, -0.15) is 0 Å². The summed E-state index contributed by atoms with van der Waals surface area (Å²) in [5.74, 6) is -0.865. The third-order valence-corrected chi connectivity index (χ3v) is 5.10. The summed E-state index contributed by atoms with van der Waals surface area (Å²) < 4.78 is 40.6. The maximum atomic E-state index is 14.1. The van der Waals surface area contributed by atoms with Gasteiger partial charge in [-0.15, -0.1) is 11.3 Å². The minimum atomic E-state index is -3.98. The van der Waals surface area contributed by atoms with Crippen molar-refractivity contribution in [1.29, 1.82) is 0 Å². The van der Waals surface area contributed by atoms with E-state index in [1.54, 1.807) is 12.1 Å². The largest absolute Gasteiger partial charge is 0.326 e. The molecule has 0 atom stereocenters. The number of nitrogens with two attached hydrogens (primary N) is 1. The van der Waals surface area contributed by atoms with E-state index in [-0.39, 0.29) is 23.7 Å². The summed E-state index contributed by atoms with van der Waals surface area (Å²) in [6.45, 7) is -0.0241. The Morgan fingerprint density at radius 2 is 2.15 bits per heavy atom. The summed E-state index contributed by atoms with van der Waals surface area (Å²) in [7, 11) is -3.98. The number of thiophene rings is 1. The lowest BCUT2D eigenvalue weighted by Gasteiger charge is -2.10. The van der Waals surface area contributed by atoms with Crippen LogP contribution in [0.5, 0.6) is 0 Å². The van der Waals surface area contributed by atoms with Crippen molar-refractivity contribution in [3.05, 3.63) is 50.9 Å². The maximum Gasteiger partial charge on any atom is 0.243 e. The number of benzene rings is 1. The second-order valence-corrected chi connectivity index (χ2v) is 7.19. The zero-order valence-corrected chi connectivity index (χ0v) is 12.7. The van der Waals surface area contributed by atoms with Crippen molar-refractivity contribution in [2.24, 2.45) is 5.73 Å². The van der Waals surface area contributed by atoms with Crippen LogP contribution < -0.4 is 10.5 Å². The minimum Gasteiger partial charge on any atom is -0.326 e. The molecule has 0 fully saturated rings. The highest BCUT2D eigenvalue weighted by molar-refractivity contribution is 7.89. The molecule has 0 saturated carbocycles. The van der Waals surface area contributed by atoms with Crippen LogP contribution >= 0.6 is 22.9 Å². The van der Waals surface area contributed by atoms with Gasteiger partial charge in [-0.05, 0) is 23.6 Å². The molecule has 0 aliphatic rings. The van der Waals surface area contributed by atoms with Gasteiger partial charge in [-0.1, -0.05) is 17.7 Å². The molecular weight excluding hydrogens is 323 g/mol. The van der Waals surface area contributed by atoms with Gasteiger partial charge in [0.15, 0.2) is 0 Å². The van der Waals surface area contributed by atoms with Crippen LogP contribution in [0.15, 0.2) is 34.5 Å². The summed E-state index contributed by atoms with van der Waals surface area (Å²) in [6.07, 6.45) is 0. The summed E-state index contributed by atoms with van der Waals surface area (Å²) in [5, 5.41) is 1.96. The van der Waals surface area contributed by atoms with Crippen molar-refractivity contribution >= 4 is 33.0 Å². The fraction of sp³-hybridized carbons (Fsp3) is 0.167. The zero-order chi connectivity index (χ0) is 14.8. The Labute approximate surface area is 125 Å². The van der Waals surface area contributed by atoms with E-state index < -0.39 is 20.7 Å². The first-order chi connectivity index (χ1) is 9.44. The van der Waals surface area contributed by atoms with Crippen molar-refractivity contribution in [3.63, 3.8) is 0 Å². The minimum absolute atomic E-state index is 0.0639. The number of halogens is 2. The van der Waals surface area contributed by atoms with Crippen molar-refractivity contribution in [1.82, 2.24) is 4.72 Å². The molecular formula is C12H12ClFN2O2S2. The smallest absolute Gasteiger partial charge is 0.243 e. The number of hydrogen-bond donors (Lipinski definition) is 2. The molecule has 0 amide bonds. The molecule has 0 radical (unpaired) electrons. The fourth-order valence-electron chi connectivity index (χ4n) is 1.62. The third-order valence-electron chi connectivity index (χ3n) is 2.61. The highest BCUT2D eigenvalue weighted by Crippen LogP contribution is 2.23. The van der Waals surface area contributed by atoms with Gasteiger partial charge in [0.1, 0.15) is 10.7 Å². The van der Waals surface area contributed by atoms with Crippen molar-refractivity contribution < 1.29 is 12.8 Å². The Balaban J connectivity index is 2.31. The molecule has 1 aromatic carbocycles. The molecule has 4 nitrogen and oxygen atoms in total. The average molecular weight is 335 g/mol. The van der Waals surface area contributed by atoms with E-state index in [0.717, 1.165) is 10.9 Å². The van der Waals surface area contributed by atoms with Gasteiger partial charge < -0.3 is 5.73 Å². The van der Waals surface area contributed by atoms with E-state index in [0.29, 0.717) is 0 Å². The molecule has 20 heavy (non-hydrogen) atoms. The summed E-state index contributed by atoms with van der Waals surface area (Å²) in [4.78, 5) is 0.345. The Hall–Kier alpha value is -0.990. The van der Waals surface area contributed by atoms with E-state index in [1.807, 2.05) is 5.38 Å². The van der Waals surface area contributed by atoms with E-state index in [1.165, 1.54) is 17.4 Å². The molecule has 108 valence electrons. The predicted molar refractivity (Wildman–Crippen MR) is 77.6 cm³/mol. The first kappa shape index (κ1) is 15.4. The Morgan fingerprint density at radius 3 is 2.75 bits per heavy atom. The highest BCUT2D eigenvalue weighted by atomic mass is 35.5. The van der Waals surface area contributed by atoms with Gasteiger partial charge in [-0.25, -0.2) is 17.5 Å². The average Bonchev–Trinajstić information content (AvgIpc) is 2.92. The van der Waals surface area contributed by atoms with Crippen LogP contribution in [0.1, 0.15) is 10.4 Å². The van der Waals surface area contributed by atoms with Crippen LogP contribution in [0.3, 0.4) is 0 Å². The topological polar surface area (TPSA) is 72.2 Å². The molecule has 0 aliphatic carbocycles. The monoisotopic (exact) mass is 334 g/mol. The number of nitrogens with one attached hydrogen (secondary N) is 1. The SMILES string of the molecule is NCc1cc(Cl)cc(S(=O)(=O)NCc2cccs2)c1F. The van der Waals surface area contributed by atoms with Gasteiger partial charge in [-0.3, -0.25) is 0 Å². The Morgan fingerprint density at radius 1 is 1.40 bits per heavy atom. The fourth-order valence-corrected chi connectivity index (χ4v) is 3.81. The number of sulfonamides is 1. The molecule has 3 N–H and O–H groups in total. The van der Waals surface area contributed by atoms with Crippen LogP contribution in [-0.4, -0.2) is 8.42 Å². The maximum absolute atomic E-state index is 14.1. The predicted octanol–water partition coefficient (Wildman–Crippen LogP) is 2.48. The second-order valence-electron chi connectivity index (χ2n) is 3.99. The van der Waals surface area contributed by atoms with Crippen molar-refractivity contribution in [2.45, 2.75) is 18.0 Å². The molecule has 0 bridgehead atoms. The molecule has 0 saturated heterocycles. The van der Waals surface area contributed by atoms with Gasteiger partial charge in [0.25, 0.3) is 0 Å². The molecule has 2 rings (SSSR count). The van der Waals surface area contributed by atoms with Gasteiger partial charge in [0.05, 0.1) is 0 Å². The highest BCUT2D eigenvalue weighted by Gasteiger charge is 2.22. The molecule has 0 aliphatic heterocycles. The molecule has 0 unspecified atom stereocenters. The second kappa shape index (κ2) is 6.19. The standard InChI is InChI=1S/C12H12ClFN2O2S2/c13-9-4-8(6-15)12(14)11(5-9)20(17,18)16-7-10-2-1-3-19-10/h1-5,16H,6-7,15H2. The Kier molecular flexibility index (Phi) is 4.77. The van der Waals surface area contributed by atoms with Gasteiger partial charge in [0, 0.05) is 28.6 Å². The zero-order valence-electron chi connectivity index (χ0n) is 10.3. The summed E-state index contributed by atoms with van der Waals surface area (Å²) >= 11 is 7.20. The van der Waals surface area contributed by atoms with Gasteiger partial charge in [0.2, 0.25) is 10.0 Å². The number of hydrogen-bond acceptors (Lipinski definition) is 4. The normalized spacial score (nSPS) is 11.8. The van der Waals surface area contributed by atoms with E-state index in [4.69, 9.17) is 17.3 Å². The molecule has 2 aromatic rings. The van der Waals surface area contributed by atoms with Crippen molar-refractivity contribution in [2.75, 3.05) is 0 Å². The van der Waals surface area contributed by atoms with Crippen LogP contribution in [0.25, 0.3) is 0 Å². The van der Waals surface area contributed by atoms with Crippen LogP contribution in [0.2, 0.25) is 5.02 Å². The van der Waals surface area contributed by atoms with Gasteiger partial charge >= 0.3 is 0 Å². The lowest BCUT2D eigenvalue weighted by atomic mass is 10.2. The van der Waals surface area contributed by atoms with E-state index in [2.05, 4.69) is 4.72 Å². The van der Waals surface area contributed by atoms with Crippen LogP contribution in [0.4, 0.5) is 4.39 Å². The third kappa shape index (κ3) is 3.36. The number of rotatable bonds is 5. The van der Waals surface area contributed by atoms with Crippen molar-refractivity contribution in [3.8, 4) is 0 Å². The van der Waals surface area contributed by atoms with E-state index in [9.17, 15) is 12.8 Å². The molecule has 1 heterocycles. The lowest BCUT2D eigenvalue weighted by Crippen LogP contribution is -2.24. The first-order valence-corrected chi connectivity index (χ1v) is 8.38. The molecule has 8 heteroatoms. The van der Waals surface area contributed by atoms with Crippen LogP contribution in [-0.2, 0) is 23.1 Å². The van der Waals surface area contributed by atoms with E-state index >= 15 is 0 Å². The lowest BCUT2D eigenvalue weighted by molar-refractivity contribution is 0.550. The molecule has 1 aromatic heterocycles. The molecule has 0 spiro atoms. The summed E-state index contributed by atoms with van der Waals surface area (Å²) in [5.41, 5.74) is 5.43. The van der Waals surface area contributed by atoms with Crippen LogP contribution in [0, 0.1) is 5.82 Å². The first-order valence-electron chi connectivity index (χ1n) is 5.64. The Bertz CT molecular complexity index is 702. The summed E-state index contributed by atoms with van der Waals surface area (Å²) in [6, 6.07) is 5.98.